The predicted octanol–water partition coefficient (Wildman–Crippen LogP) is 1.57. The van der Waals surface area contributed by atoms with Crippen molar-refractivity contribution in [3.05, 3.63) is 78.2 Å². The minimum absolute atomic E-state index is 0. The molecule has 31 heavy (non-hydrogen) atoms. The number of hydrogen-bond donors (Lipinski definition) is 0. The molecule has 2 aromatic rings. The van der Waals surface area contributed by atoms with Gasteiger partial charge in [0.2, 0.25) is 0 Å². The number of carbonyl (C=O) groups is 1. The van der Waals surface area contributed by atoms with Crippen LogP contribution in [0.4, 0.5) is 10.5 Å². The topological polar surface area (TPSA) is 46.6 Å². The first-order chi connectivity index (χ1) is 14.4. The molecular weight excluding hydrogens is 395 g/mol. The summed E-state index contributed by atoms with van der Waals surface area (Å²) in [6, 6.07) is 19.6. The molecule has 0 aromatic heterocycles. The maximum atomic E-state index is 13.7. The van der Waals surface area contributed by atoms with E-state index in [1.807, 2.05) is 65.6 Å². The molecule has 2 saturated carbocycles. The Morgan fingerprint density at radius 3 is 2.32 bits per heavy atom. The second kappa shape index (κ2) is 7.99. The van der Waals surface area contributed by atoms with Crippen molar-refractivity contribution in [1.29, 1.82) is 0 Å². The van der Waals surface area contributed by atoms with Gasteiger partial charge in [-0.05, 0) is 59.6 Å². The van der Waals surface area contributed by atoms with E-state index in [-0.39, 0.29) is 64.4 Å². The zero-order valence-electron chi connectivity index (χ0n) is 18.9. The predicted molar refractivity (Wildman–Crippen MR) is 117 cm³/mol. The molecule has 3 aliphatic rings. The molecular formula is C26H29N2NaO2. The minimum Gasteiger partial charge on any atom is -0.860 e. The maximum Gasteiger partial charge on any atom is 1.00 e. The summed E-state index contributed by atoms with van der Waals surface area (Å²) >= 11 is 0. The number of allylic oxidation sites excluding steroid dienone is 1. The van der Waals surface area contributed by atoms with Crippen LogP contribution in [0, 0.1) is 16.7 Å². The van der Waals surface area contributed by atoms with Crippen LogP contribution < -0.4 is 39.6 Å². The summed E-state index contributed by atoms with van der Waals surface area (Å²) in [7, 11) is 0. The molecule has 1 heterocycles. The molecule has 2 amide bonds. The Labute approximate surface area is 207 Å². The summed E-state index contributed by atoms with van der Waals surface area (Å²) in [6.45, 7) is 6.94. The monoisotopic (exact) mass is 424 g/mol. The van der Waals surface area contributed by atoms with Gasteiger partial charge in [0, 0.05) is 5.69 Å². The van der Waals surface area contributed by atoms with Crippen LogP contribution in [0.5, 0.6) is 0 Å². The average molecular weight is 425 g/mol. The van der Waals surface area contributed by atoms with Gasteiger partial charge < -0.3 is 10.0 Å². The standard InChI is InChI=1S/C26H30N2O2.Na/c1-25(2)20-16-17-26(25,3)23-22(20)27(19-12-8-5-9-13-19)24(30)28(23)21(29)15-14-18-10-6-4-7-11-18;/h4-13,15,20,22-23,29H,14,16-17H2,1-3H3;/q;+1/p-1/b21-15-;/t20-,22-,23-,26+;/m1./s1. The van der Waals surface area contributed by atoms with E-state index >= 15 is 0 Å². The molecule has 0 unspecified atom stereocenters. The zero-order valence-corrected chi connectivity index (χ0v) is 20.9. The number of nitrogens with zero attached hydrogens (tertiary/aromatic N) is 2. The van der Waals surface area contributed by atoms with Crippen LogP contribution in [0.25, 0.3) is 0 Å². The van der Waals surface area contributed by atoms with Crippen LogP contribution in [0.3, 0.4) is 0 Å². The van der Waals surface area contributed by atoms with Gasteiger partial charge in [0.15, 0.2) is 0 Å². The number of hydrogen-bond acceptors (Lipinski definition) is 2. The molecule has 4 nitrogen and oxygen atoms in total. The summed E-state index contributed by atoms with van der Waals surface area (Å²) < 4.78 is 0. The van der Waals surface area contributed by atoms with E-state index in [4.69, 9.17) is 0 Å². The third-order valence-corrected chi connectivity index (χ3v) is 8.38. The average Bonchev–Trinajstić information content (AvgIpc) is 3.24. The van der Waals surface area contributed by atoms with Gasteiger partial charge in [-0.15, -0.1) is 0 Å². The van der Waals surface area contributed by atoms with Crippen molar-refractivity contribution in [2.45, 2.75) is 52.1 Å². The molecule has 5 heteroatoms. The molecule has 2 aliphatic carbocycles. The van der Waals surface area contributed by atoms with E-state index < -0.39 is 0 Å². The number of fused-ring (bicyclic) bond motifs is 5. The first-order valence-corrected chi connectivity index (χ1v) is 10.9. The summed E-state index contributed by atoms with van der Waals surface area (Å²) in [5, 5.41) is 13.4. The Morgan fingerprint density at radius 2 is 1.68 bits per heavy atom. The molecule has 2 aromatic carbocycles. The van der Waals surface area contributed by atoms with Gasteiger partial charge in [-0.25, -0.2) is 4.79 Å². The molecule has 5 rings (SSSR count). The number of urea groups is 1. The Balaban J connectivity index is 0.00000231. The largest absolute Gasteiger partial charge is 1.00 e. The Hall–Kier alpha value is -1.75. The van der Waals surface area contributed by atoms with Gasteiger partial charge in [0.1, 0.15) is 0 Å². The number of rotatable bonds is 4. The summed E-state index contributed by atoms with van der Waals surface area (Å²) in [5.74, 6) is 0.227. The van der Waals surface area contributed by atoms with Crippen molar-refractivity contribution >= 4 is 11.7 Å². The molecule has 2 bridgehead atoms. The Morgan fingerprint density at radius 1 is 1.06 bits per heavy atom. The second-order valence-corrected chi connectivity index (χ2v) is 9.81. The number of amides is 2. The van der Waals surface area contributed by atoms with Crippen LogP contribution in [0.15, 0.2) is 72.6 Å². The van der Waals surface area contributed by atoms with Crippen molar-refractivity contribution in [2.75, 3.05) is 4.90 Å². The van der Waals surface area contributed by atoms with Gasteiger partial charge in [-0.1, -0.05) is 75.4 Å². The quantitative estimate of drug-likeness (QED) is 0.553. The number of anilines is 1. The van der Waals surface area contributed by atoms with Crippen molar-refractivity contribution in [2.24, 2.45) is 16.7 Å². The molecule has 4 atom stereocenters. The van der Waals surface area contributed by atoms with Crippen molar-refractivity contribution in [1.82, 2.24) is 4.90 Å². The van der Waals surface area contributed by atoms with E-state index in [0.717, 1.165) is 24.1 Å². The third kappa shape index (κ3) is 3.18. The first kappa shape index (κ1) is 22.4. The van der Waals surface area contributed by atoms with E-state index in [1.54, 1.807) is 11.0 Å². The molecule has 3 fully saturated rings. The van der Waals surface area contributed by atoms with Crippen molar-refractivity contribution in [3.8, 4) is 0 Å². The van der Waals surface area contributed by atoms with Crippen LogP contribution in [0.2, 0.25) is 0 Å². The van der Waals surface area contributed by atoms with E-state index in [9.17, 15) is 9.90 Å². The van der Waals surface area contributed by atoms with Gasteiger partial charge in [0.05, 0.1) is 12.1 Å². The van der Waals surface area contributed by atoms with Crippen LogP contribution in [-0.4, -0.2) is 23.0 Å². The number of para-hydroxylation sites is 1. The van der Waals surface area contributed by atoms with Gasteiger partial charge in [-0.3, -0.25) is 4.90 Å². The fourth-order valence-electron chi connectivity index (χ4n) is 6.43. The number of benzene rings is 2. The molecule has 1 aliphatic heterocycles. The maximum absolute atomic E-state index is 13.7. The summed E-state index contributed by atoms with van der Waals surface area (Å²) in [6.07, 6.45) is 4.39. The van der Waals surface area contributed by atoms with Crippen molar-refractivity contribution < 1.29 is 39.5 Å². The Kier molecular flexibility index (Phi) is 5.78. The molecule has 0 radical (unpaired) electrons. The summed E-state index contributed by atoms with van der Waals surface area (Å²) in [4.78, 5) is 17.2. The van der Waals surface area contributed by atoms with Gasteiger partial charge >= 0.3 is 35.6 Å². The fourth-order valence-corrected chi connectivity index (χ4v) is 6.43. The van der Waals surface area contributed by atoms with Crippen molar-refractivity contribution in [3.63, 3.8) is 0 Å². The molecule has 156 valence electrons. The van der Waals surface area contributed by atoms with Crippen LogP contribution in [-0.2, 0) is 6.42 Å². The fraction of sp³-hybridized carbons (Fsp3) is 0.423. The van der Waals surface area contributed by atoms with E-state index in [2.05, 4.69) is 20.8 Å². The SMILES string of the molecule is CC1(C)[C@@H]2CC[C@@]1(C)[C@H]1[C@@H]2N(c2ccccc2)C(=O)N1/C([O-])=C/Cc1ccccc1.[Na+]. The second-order valence-electron chi connectivity index (χ2n) is 9.81. The molecule has 0 N–H and O–H groups in total. The van der Waals surface area contributed by atoms with Crippen LogP contribution in [0.1, 0.15) is 39.2 Å². The number of carbonyl (C=O) groups excluding carboxylic acids is 1. The van der Waals surface area contributed by atoms with Crippen LogP contribution >= 0.6 is 0 Å². The zero-order chi connectivity index (χ0) is 21.1. The third-order valence-electron chi connectivity index (χ3n) is 8.38. The smallest absolute Gasteiger partial charge is 0.860 e. The summed E-state index contributed by atoms with van der Waals surface area (Å²) in [5.41, 5.74) is 1.97. The van der Waals surface area contributed by atoms with Gasteiger partial charge in [0.25, 0.3) is 0 Å². The normalized spacial score (nSPS) is 31.0. The minimum atomic E-state index is -0.167. The molecule has 0 spiro atoms. The molecule has 1 saturated heterocycles. The first-order valence-electron chi connectivity index (χ1n) is 10.9. The Bertz CT molecular complexity index is 991. The van der Waals surface area contributed by atoms with Gasteiger partial charge in [-0.2, -0.15) is 0 Å². The van der Waals surface area contributed by atoms with E-state index in [0.29, 0.717) is 12.3 Å². The van der Waals surface area contributed by atoms with E-state index in [1.165, 1.54) is 0 Å².